The van der Waals surface area contributed by atoms with Gasteiger partial charge in [0.1, 0.15) is 11.9 Å². The Labute approximate surface area is 366 Å². The van der Waals surface area contributed by atoms with Crippen molar-refractivity contribution in [2.75, 3.05) is 22.5 Å². The third-order valence-corrected chi connectivity index (χ3v) is 14.1. The molecule has 0 atom stereocenters. The predicted octanol–water partition coefficient (Wildman–Crippen LogP) is 12.3. The van der Waals surface area contributed by atoms with Gasteiger partial charge in [0.15, 0.2) is 23.1 Å². The molecule has 12 heteroatoms. The minimum Gasteiger partial charge on any atom is -0.438 e. The van der Waals surface area contributed by atoms with Gasteiger partial charge in [-0.05, 0) is 47.9 Å². The molecule has 0 fully saturated rings. The average Bonchev–Trinajstić information content (AvgIpc) is 3.23. The van der Waals surface area contributed by atoms with Crippen LogP contribution in [0.2, 0.25) is 0 Å². The minimum absolute atomic E-state index is 0.0417. The number of rotatable bonds is 16. The first-order chi connectivity index (χ1) is 28.9. The van der Waals surface area contributed by atoms with Crippen molar-refractivity contribution in [1.82, 2.24) is 0 Å². The Morgan fingerprint density at radius 2 is 0.885 bits per heavy atom. The molecule has 10 nitrogen and oxygen atoms in total. The van der Waals surface area contributed by atoms with Gasteiger partial charge in [-0.25, -0.2) is 9.59 Å². The third-order valence-electron chi connectivity index (χ3n) is 11.7. The van der Waals surface area contributed by atoms with Crippen LogP contribution in [-0.4, -0.2) is 56.7 Å². The number of unbranched alkanes of at least 4 members (excludes halogenated alkanes) is 1. The van der Waals surface area contributed by atoms with Crippen molar-refractivity contribution in [3.63, 3.8) is 0 Å². The lowest BCUT2D eigenvalue weighted by atomic mass is 9.75. The Morgan fingerprint density at radius 1 is 0.508 bits per heavy atom. The van der Waals surface area contributed by atoms with Crippen LogP contribution in [0, 0.1) is 5.41 Å². The Bertz CT molecular complexity index is 2420. The molecule has 4 aromatic carbocycles. The van der Waals surface area contributed by atoms with Gasteiger partial charge in [0, 0.05) is 42.9 Å². The summed E-state index contributed by atoms with van der Waals surface area (Å²) in [7, 11) is 0. The van der Waals surface area contributed by atoms with Crippen molar-refractivity contribution in [3.05, 3.63) is 117 Å². The quantitative estimate of drug-likeness (QED) is 0.0902. The molecule has 2 aliphatic rings. The highest BCUT2D eigenvalue weighted by Gasteiger charge is 2.39. The van der Waals surface area contributed by atoms with Gasteiger partial charge in [0.25, 0.3) is 0 Å². The van der Waals surface area contributed by atoms with E-state index >= 15 is 0 Å². The number of ether oxygens (including phenoxy) is 2. The highest BCUT2D eigenvalue weighted by molar-refractivity contribution is 8.00. The number of anilines is 2. The van der Waals surface area contributed by atoms with Crippen LogP contribution in [0.4, 0.5) is 21.0 Å². The second-order valence-corrected chi connectivity index (χ2v) is 20.8. The first-order valence-corrected chi connectivity index (χ1v) is 22.7. The predicted molar refractivity (Wildman–Crippen MR) is 245 cm³/mol. The van der Waals surface area contributed by atoms with E-state index in [1.165, 1.54) is 35.7 Å². The summed E-state index contributed by atoms with van der Waals surface area (Å²) in [5, 5.41) is 5.40. The highest BCUT2D eigenvalue weighted by Crippen LogP contribution is 2.44. The topological polar surface area (TPSA) is 145 Å². The monoisotopic (exact) mass is 862 g/mol. The van der Waals surface area contributed by atoms with Crippen LogP contribution in [0.1, 0.15) is 158 Å². The van der Waals surface area contributed by atoms with Gasteiger partial charge < -0.3 is 9.47 Å². The molecule has 2 N–H and O–H groups in total. The Morgan fingerprint density at radius 3 is 1.26 bits per heavy atom. The zero-order chi connectivity index (χ0) is 44.3. The van der Waals surface area contributed by atoms with Crippen LogP contribution < -0.4 is 10.6 Å². The number of benzene rings is 4. The molecular weight excluding hydrogens is 809 g/mol. The summed E-state index contributed by atoms with van der Waals surface area (Å²) in [5.74, 6) is -1.87. The Balaban J connectivity index is 1.37. The van der Waals surface area contributed by atoms with E-state index in [4.69, 9.17) is 9.47 Å². The minimum atomic E-state index is -0.800. The van der Waals surface area contributed by atoms with Gasteiger partial charge in [0.05, 0.1) is 22.5 Å². The molecule has 320 valence electrons. The molecule has 0 saturated heterocycles. The standard InChI is InChI=1S/C49H54N2O8S2/c1-9-11-24-48(5,6)60-27-58-45(56)50-35-22-20-29(37-39(35)43(54)33-18-14-12-16-31(33)41(37)52)30-21-23-36(40-38(30)42(53)32-17-13-15-19-34(32)44(40)55)51-46(57)59-28-61-49(7,8)26-25-47(3,4)10-2/h12-23H,9-11,24-28H2,1-8H3,(H,50,56)(H,51,57). The molecule has 6 rings (SSSR count). The van der Waals surface area contributed by atoms with Gasteiger partial charge in [-0.1, -0.05) is 135 Å². The molecule has 0 unspecified atom stereocenters. The number of thioether (sulfide) groups is 2. The maximum Gasteiger partial charge on any atom is 0.412 e. The SMILES string of the molecule is CCCCC(C)(C)SCOC(=O)Nc1ccc(-c2ccc(NC(=O)OCSC(C)(C)CCC(C)(C)CC)c3c2C(=O)c2ccccc2C3=O)c2c1C(=O)c1ccccc1C2=O. The van der Waals surface area contributed by atoms with Gasteiger partial charge in [-0.3, -0.25) is 29.8 Å². The summed E-state index contributed by atoms with van der Waals surface area (Å²) in [6.45, 7) is 17.2. The number of ketones is 4. The van der Waals surface area contributed by atoms with Crippen molar-refractivity contribution < 1.29 is 38.2 Å². The Hall–Kier alpha value is -5.20. The average molecular weight is 863 g/mol. The first-order valence-electron chi connectivity index (χ1n) is 20.8. The molecule has 0 aromatic heterocycles. The molecule has 0 spiro atoms. The summed E-state index contributed by atoms with van der Waals surface area (Å²) >= 11 is 3.01. The van der Waals surface area contributed by atoms with E-state index in [0.29, 0.717) is 0 Å². The summed E-state index contributed by atoms with van der Waals surface area (Å²) in [5.41, 5.74) is 1.14. The summed E-state index contributed by atoms with van der Waals surface area (Å²) in [6.07, 6.45) is 4.44. The number of hydrogen-bond acceptors (Lipinski definition) is 10. The fourth-order valence-electron chi connectivity index (χ4n) is 7.44. The van der Waals surface area contributed by atoms with Gasteiger partial charge in [-0.2, -0.15) is 0 Å². The van der Waals surface area contributed by atoms with E-state index in [9.17, 15) is 28.8 Å². The van der Waals surface area contributed by atoms with E-state index in [1.807, 2.05) is 0 Å². The van der Waals surface area contributed by atoms with Crippen LogP contribution in [0.3, 0.4) is 0 Å². The normalized spacial score (nSPS) is 13.5. The van der Waals surface area contributed by atoms with Crippen molar-refractivity contribution in [2.24, 2.45) is 5.41 Å². The number of amides is 2. The molecule has 4 aromatic rings. The van der Waals surface area contributed by atoms with Crippen LogP contribution in [-0.2, 0) is 9.47 Å². The fraction of sp³-hybridized carbons (Fsp3) is 0.388. The fourth-order valence-corrected chi connectivity index (χ4v) is 8.95. The summed E-state index contributed by atoms with van der Waals surface area (Å²) < 4.78 is 10.9. The highest BCUT2D eigenvalue weighted by atomic mass is 32.2. The summed E-state index contributed by atoms with van der Waals surface area (Å²) in [6, 6.07) is 18.9. The number of carbonyl (C=O) groups is 6. The molecule has 0 radical (unpaired) electrons. The van der Waals surface area contributed by atoms with Crippen LogP contribution in [0.15, 0.2) is 72.8 Å². The van der Waals surface area contributed by atoms with E-state index < -0.39 is 35.3 Å². The maximum atomic E-state index is 14.5. The van der Waals surface area contributed by atoms with E-state index in [1.54, 1.807) is 60.7 Å². The maximum absolute atomic E-state index is 14.5. The lowest BCUT2D eigenvalue weighted by Crippen LogP contribution is -2.27. The van der Waals surface area contributed by atoms with Gasteiger partial charge in [-0.15, -0.1) is 23.5 Å². The zero-order valence-electron chi connectivity index (χ0n) is 36.2. The molecule has 61 heavy (non-hydrogen) atoms. The molecule has 2 amide bonds. The van der Waals surface area contributed by atoms with Crippen LogP contribution >= 0.6 is 23.5 Å². The number of hydrogen-bond donors (Lipinski definition) is 2. The molecule has 0 bridgehead atoms. The van der Waals surface area contributed by atoms with E-state index in [0.717, 1.165) is 38.5 Å². The number of fused-ring (bicyclic) bond motifs is 4. The first kappa shape index (κ1) is 45.3. The molecule has 0 heterocycles. The van der Waals surface area contributed by atoms with Crippen molar-refractivity contribution in [1.29, 1.82) is 0 Å². The van der Waals surface area contributed by atoms with E-state index in [-0.39, 0.29) is 93.8 Å². The van der Waals surface area contributed by atoms with Crippen LogP contribution in [0.25, 0.3) is 11.1 Å². The molecule has 0 aliphatic heterocycles. The lowest BCUT2D eigenvalue weighted by Gasteiger charge is -2.30. The largest absolute Gasteiger partial charge is 0.438 e. The second kappa shape index (κ2) is 18.4. The molecule has 0 saturated carbocycles. The van der Waals surface area contributed by atoms with Crippen LogP contribution in [0.5, 0.6) is 0 Å². The number of carbonyl (C=O) groups excluding carboxylic acids is 6. The molecule has 2 aliphatic carbocycles. The van der Waals surface area contributed by atoms with Crippen molar-refractivity contribution in [3.8, 4) is 11.1 Å². The van der Waals surface area contributed by atoms with Gasteiger partial charge >= 0.3 is 12.2 Å². The van der Waals surface area contributed by atoms with Gasteiger partial charge in [0.2, 0.25) is 0 Å². The van der Waals surface area contributed by atoms with Crippen molar-refractivity contribution >= 4 is 70.2 Å². The van der Waals surface area contributed by atoms with E-state index in [2.05, 4.69) is 66.0 Å². The molecular formula is C49H54N2O8S2. The van der Waals surface area contributed by atoms with Crippen molar-refractivity contribution in [2.45, 2.75) is 103 Å². The smallest absolute Gasteiger partial charge is 0.412 e. The Kier molecular flexibility index (Phi) is 13.7. The number of nitrogens with one attached hydrogen (secondary N) is 2. The second-order valence-electron chi connectivity index (χ2n) is 17.5. The lowest BCUT2D eigenvalue weighted by molar-refractivity contribution is 0.0978. The third kappa shape index (κ3) is 9.97. The summed E-state index contributed by atoms with van der Waals surface area (Å²) in [4.78, 5) is 84.3. The zero-order valence-corrected chi connectivity index (χ0v) is 37.8.